The molecule has 1 amide bonds. The van der Waals surface area contributed by atoms with Crippen LogP contribution in [0.5, 0.6) is 0 Å². The molecule has 0 bridgehead atoms. The summed E-state index contributed by atoms with van der Waals surface area (Å²) in [4.78, 5) is 21.5. The molecule has 1 rings (SSSR count). The largest absolute Gasteiger partial charge is 0.328 e. The summed E-state index contributed by atoms with van der Waals surface area (Å²) >= 11 is 0. The molecule has 0 spiro atoms. The van der Waals surface area contributed by atoms with Crippen LogP contribution in [0.3, 0.4) is 0 Å². The Bertz CT molecular complexity index is 424. The van der Waals surface area contributed by atoms with Gasteiger partial charge in [-0.05, 0) is 19.4 Å². The number of carbonyl (C=O) groups is 1. The first-order valence-corrected chi connectivity index (χ1v) is 5.29. The lowest BCUT2D eigenvalue weighted by molar-refractivity contribution is -0.384. The Hall–Kier alpha value is -1.66. The van der Waals surface area contributed by atoms with Gasteiger partial charge in [0.05, 0.1) is 4.92 Å². The number of amides is 1. The van der Waals surface area contributed by atoms with Gasteiger partial charge in [-0.15, -0.1) is 12.4 Å². The number of non-ortho nitro benzene ring substituents is 1. The molecule has 0 aliphatic rings. The number of hydrogen-bond acceptors (Lipinski definition) is 4. The van der Waals surface area contributed by atoms with E-state index in [0.29, 0.717) is 18.5 Å². The van der Waals surface area contributed by atoms with E-state index in [4.69, 9.17) is 5.73 Å². The Morgan fingerprint density at radius 3 is 2.78 bits per heavy atom. The standard InChI is InChI=1S/C11H15N3O3.ClH/c1-8(12)5-6-11(15)13-9-3-2-4-10(7-9)14(16)17;/h2-4,7-8H,5-6,12H2,1H3,(H,13,15);1H. The highest BCUT2D eigenvalue weighted by atomic mass is 35.5. The summed E-state index contributed by atoms with van der Waals surface area (Å²) in [5.74, 6) is -0.192. The fourth-order valence-corrected chi connectivity index (χ4v) is 1.28. The third kappa shape index (κ3) is 5.60. The molecule has 0 heterocycles. The first-order chi connectivity index (χ1) is 7.99. The van der Waals surface area contributed by atoms with Crippen LogP contribution in [0, 0.1) is 10.1 Å². The minimum absolute atomic E-state index is 0. The Balaban J connectivity index is 0.00000289. The second-order valence-electron chi connectivity index (χ2n) is 3.87. The van der Waals surface area contributed by atoms with Crippen molar-refractivity contribution >= 4 is 29.7 Å². The number of halogens is 1. The van der Waals surface area contributed by atoms with Crippen LogP contribution in [-0.4, -0.2) is 16.9 Å². The van der Waals surface area contributed by atoms with E-state index in [1.807, 2.05) is 6.92 Å². The smallest absolute Gasteiger partial charge is 0.271 e. The Kier molecular flexibility index (Phi) is 6.92. The molecule has 1 atom stereocenters. The maximum Gasteiger partial charge on any atom is 0.271 e. The molecule has 0 aliphatic carbocycles. The molecule has 0 saturated carbocycles. The van der Waals surface area contributed by atoms with Crippen LogP contribution in [0.15, 0.2) is 24.3 Å². The maximum atomic E-state index is 11.5. The molecule has 18 heavy (non-hydrogen) atoms. The number of benzene rings is 1. The van der Waals surface area contributed by atoms with Crippen molar-refractivity contribution in [3.63, 3.8) is 0 Å². The van der Waals surface area contributed by atoms with Gasteiger partial charge in [-0.25, -0.2) is 0 Å². The Morgan fingerprint density at radius 1 is 1.56 bits per heavy atom. The Morgan fingerprint density at radius 2 is 2.22 bits per heavy atom. The van der Waals surface area contributed by atoms with Crippen molar-refractivity contribution in [2.24, 2.45) is 5.73 Å². The van der Waals surface area contributed by atoms with E-state index < -0.39 is 4.92 Å². The summed E-state index contributed by atoms with van der Waals surface area (Å²) in [6.45, 7) is 1.82. The molecule has 7 heteroatoms. The highest BCUT2D eigenvalue weighted by molar-refractivity contribution is 5.91. The van der Waals surface area contributed by atoms with E-state index >= 15 is 0 Å². The molecule has 100 valence electrons. The number of nitro groups is 1. The number of nitrogens with two attached hydrogens (primary N) is 1. The summed E-state index contributed by atoms with van der Waals surface area (Å²) in [5.41, 5.74) is 5.91. The number of rotatable bonds is 5. The molecular weight excluding hydrogens is 258 g/mol. The predicted octanol–water partition coefficient (Wildman–Crippen LogP) is 2.08. The van der Waals surface area contributed by atoms with Crippen molar-refractivity contribution in [3.8, 4) is 0 Å². The Labute approximate surface area is 111 Å². The van der Waals surface area contributed by atoms with Gasteiger partial charge in [-0.3, -0.25) is 14.9 Å². The molecule has 6 nitrogen and oxygen atoms in total. The van der Waals surface area contributed by atoms with E-state index in [9.17, 15) is 14.9 Å². The lowest BCUT2D eigenvalue weighted by Gasteiger charge is -2.06. The molecule has 1 aromatic rings. The second-order valence-corrected chi connectivity index (χ2v) is 3.87. The van der Waals surface area contributed by atoms with Crippen molar-refractivity contribution in [2.45, 2.75) is 25.8 Å². The lowest BCUT2D eigenvalue weighted by atomic mass is 10.2. The third-order valence-corrected chi connectivity index (χ3v) is 2.17. The van der Waals surface area contributed by atoms with E-state index in [1.165, 1.54) is 18.2 Å². The van der Waals surface area contributed by atoms with Crippen molar-refractivity contribution in [1.82, 2.24) is 0 Å². The predicted molar refractivity (Wildman–Crippen MR) is 71.9 cm³/mol. The summed E-state index contributed by atoms with van der Waals surface area (Å²) in [6, 6.07) is 5.79. The zero-order chi connectivity index (χ0) is 12.8. The van der Waals surface area contributed by atoms with Gasteiger partial charge in [0.2, 0.25) is 5.91 Å². The summed E-state index contributed by atoms with van der Waals surface area (Å²) in [7, 11) is 0. The van der Waals surface area contributed by atoms with Gasteiger partial charge in [0.15, 0.2) is 0 Å². The number of hydrogen-bond donors (Lipinski definition) is 2. The van der Waals surface area contributed by atoms with Crippen LogP contribution < -0.4 is 11.1 Å². The minimum atomic E-state index is -0.502. The van der Waals surface area contributed by atoms with Crippen LogP contribution in [-0.2, 0) is 4.79 Å². The number of nitrogens with zero attached hydrogens (tertiary/aromatic N) is 1. The van der Waals surface area contributed by atoms with Gasteiger partial charge in [-0.2, -0.15) is 0 Å². The van der Waals surface area contributed by atoms with Gasteiger partial charge in [0, 0.05) is 30.3 Å². The van der Waals surface area contributed by atoms with Gasteiger partial charge >= 0.3 is 0 Å². The lowest BCUT2D eigenvalue weighted by Crippen LogP contribution is -2.19. The van der Waals surface area contributed by atoms with E-state index in [0.717, 1.165) is 0 Å². The monoisotopic (exact) mass is 273 g/mol. The molecule has 0 radical (unpaired) electrons. The number of anilines is 1. The maximum absolute atomic E-state index is 11.5. The molecule has 0 aromatic heterocycles. The molecular formula is C11H16ClN3O3. The van der Waals surface area contributed by atoms with Crippen molar-refractivity contribution in [1.29, 1.82) is 0 Å². The van der Waals surface area contributed by atoms with Gasteiger partial charge in [0.25, 0.3) is 5.69 Å². The van der Waals surface area contributed by atoms with Crippen LogP contribution in [0.2, 0.25) is 0 Å². The van der Waals surface area contributed by atoms with E-state index in [-0.39, 0.29) is 30.0 Å². The summed E-state index contributed by atoms with van der Waals surface area (Å²) in [6.07, 6.45) is 0.890. The highest BCUT2D eigenvalue weighted by Gasteiger charge is 2.08. The van der Waals surface area contributed by atoms with Crippen molar-refractivity contribution in [3.05, 3.63) is 34.4 Å². The van der Waals surface area contributed by atoms with Gasteiger partial charge in [0.1, 0.15) is 0 Å². The van der Waals surface area contributed by atoms with Gasteiger partial charge < -0.3 is 11.1 Å². The fraction of sp³-hybridized carbons (Fsp3) is 0.364. The van der Waals surface area contributed by atoms with Crippen LogP contribution in [0.1, 0.15) is 19.8 Å². The highest BCUT2D eigenvalue weighted by Crippen LogP contribution is 2.17. The van der Waals surface area contributed by atoms with E-state index in [1.54, 1.807) is 6.07 Å². The quantitative estimate of drug-likeness (QED) is 0.634. The number of carbonyl (C=O) groups excluding carboxylic acids is 1. The molecule has 1 unspecified atom stereocenters. The second kappa shape index (κ2) is 7.62. The SMILES string of the molecule is CC(N)CCC(=O)Nc1cccc([N+](=O)[O-])c1.Cl. The van der Waals surface area contributed by atoms with E-state index in [2.05, 4.69) is 5.32 Å². The summed E-state index contributed by atoms with van der Waals surface area (Å²) < 4.78 is 0. The average molecular weight is 274 g/mol. The van der Waals surface area contributed by atoms with Crippen LogP contribution in [0.4, 0.5) is 11.4 Å². The number of nitrogens with one attached hydrogen (secondary N) is 1. The first-order valence-electron chi connectivity index (χ1n) is 5.29. The molecule has 0 saturated heterocycles. The fourth-order valence-electron chi connectivity index (χ4n) is 1.28. The molecule has 3 N–H and O–H groups in total. The summed E-state index contributed by atoms with van der Waals surface area (Å²) in [5, 5.41) is 13.1. The molecule has 0 aliphatic heterocycles. The van der Waals surface area contributed by atoms with Crippen molar-refractivity contribution < 1.29 is 9.72 Å². The zero-order valence-corrected chi connectivity index (χ0v) is 10.8. The van der Waals surface area contributed by atoms with Crippen LogP contribution >= 0.6 is 12.4 Å². The molecule has 1 aromatic carbocycles. The normalized spacial score (nSPS) is 11.2. The minimum Gasteiger partial charge on any atom is -0.328 e. The number of nitro benzene ring substituents is 1. The third-order valence-electron chi connectivity index (χ3n) is 2.17. The van der Waals surface area contributed by atoms with Crippen LogP contribution in [0.25, 0.3) is 0 Å². The van der Waals surface area contributed by atoms with Crippen molar-refractivity contribution in [2.75, 3.05) is 5.32 Å². The topological polar surface area (TPSA) is 98.3 Å². The molecule has 0 fully saturated rings. The zero-order valence-electron chi connectivity index (χ0n) is 9.96. The average Bonchev–Trinajstić information content (AvgIpc) is 2.26. The van der Waals surface area contributed by atoms with Gasteiger partial charge in [-0.1, -0.05) is 6.07 Å². The first kappa shape index (κ1) is 16.3.